The molecule has 12 heteroatoms. The van der Waals surface area contributed by atoms with Gasteiger partial charge in [-0.1, -0.05) is 12.1 Å². The molecule has 1 aromatic heterocycles. The summed E-state index contributed by atoms with van der Waals surface area (Å²) in [5, 5.41) is 13.9. The first-order valence-corrected chi connectivity index (χ1v) is 11.8. The van der Waals surface area contributed by atoms with Gasteiger partial charge in [0.15, 0.2) is 5.78 Å². The topological polar surface area (TPSA) is 99.2 Å². The van der Waals surface area contributed by atoms with E-state index in [4.69, 9.17) is 4.74 Å². The molecule has 190 valence electrons. The molecule has 2 N–H and O–H groups in total. The van der Waals surface area contributed by atoms with Gasteiger partial charge in [-0.15, -0.1) is 11.3 Å². The van der Waals surface area contributed by atoms with E-state index >= 15 is 0 Å². The molecule has 0 radical (unpaired) electrons. The number of rotatable bonds is 10. The Bertz CT molecular complexity index is 1060. The highest BCUT2D eigenvalue weighted by atomic mass is 32.1. The summed E-state index contributed by atoms with van der Waals surface area (Å²) in [4.78, 5) is 39.4. The largest absolute Gasteiger partial charge is 0.505 e. The number of carbonyl (C=O) groups excluding carboxylic acids is 3. The standard InChI is InChI=1S/C23H26F3N3O5S/c1-34-18-6-3-2-5-16(18)29-11-9-28(10-12-29)8-4-7-27-22(33)15-14-35-21(20(15)32)17(30)13-19(31)23(24,25)26/h2-3,5-6,14,32H,4,7-13H2,1H3,(H,27,33). The van der Waals surface area contributed by atoms with Crippen molar-refractivity contribution in [3.05, 3.63) is 40.1 Å². The number of Topliss-reactive ketones (excluding diaryl/α,β-unsaturated/α-hetero) is 2. The third kappa shape index (κ3) is 6.73. The van der Waals surface area contributed by atoms with Crippen LogP contribution in [0.2, 0.25) is 0 Å². The number of halogens is 3. The molecule has 8 nitrogen and oxygen atoms in total. The fourth-order valence-corrected chi connectivity index (χ4v) is 4.62. The lowest BCUT2D eigenvalue weighted by Gasteiger charge is -2.36. The second-order valence-electron chi connectivity index (χ2n) is 7.96. The summed E-state index contributed by atoms with van der Waals surface area (Å²) in [5.74, 6) is -3.90. The summed E-state index contributed by atoms with van der Waals surface area (Å²) < 4.78 is 42.5. The van der Waals surface area contributed by atoms with Crippen molar-refractivity contribution in [2.24, 2.45) is 0 Å². The second kappa shape index (κ2) is 11.5. The SMILES string of the molecule is COc1ccccc1N1CCN(CCCNC(=O)c2csc(C(=O)CC(=O)C(F)(F)F)c2O)CC1. The van der Waals surface area contributed by atoms with Crippen LogP contribution in [0.4, 0.5) is 18.9 Å². The molecule has 0 bridgehead atoms. The van der Waals surface area contributed by atoms with Crippen LogP contribution in [0.15, 0.2) is 29.6 Å². The molecule has 2 heterocycles. The van der Waals surface area contributed by atoms with Crippen molar-refractivity contribution < 1.29 is 37.4 Å². The van der Waals surface area contributed by atoms with Gasteiger partial charge in [-0.25, -0.2) is 0 Å². The molecular weight excluding hydrogens is 487 g/mol. The number of alkyl halides is 3. The monoisotopic (exact) mass is 513 g/mol. The molecule has 0 spiro atoms. The van der Waals surface area contributed by atoms with Gasteiger partial charge in [0, 0.05) is 38.1 Å². The number of ether oxygens (including phenoxy) is 1. The lowest BCUT2D eigenvalue weighted by atomic mass is 10.1. The van der Waals surface area contributed by atoms with Crippen LogP contribution in [0.5, 0.6) is 11.5 Å². The van der Waals surface area contributed by atoms with Crippen LogP contribution in [0.3, 0.4) is 0 Å². The highest BCUT2D eigenvalue weighted by Gasteiger charge is 2.40. The van der Waals surface area contributed by atoms with E-state index in [1.165, 1.54) is 5.38 Å². The maximum atomic E-state index is 12.4. The summed E-state index contributed by atoms with van der Waals surface area (Å²) in [6.07, 6.45) is -5.90. The summed E-state index contributed by atoms with van der Waals surface area (Å²) >= 11 is 0.626. The van der Waals surface area contributed by atoms with Crippen molar-refractivity contribution in [1.29, 1.82) is 0 Å². The molecule has 0 aliphatic carbocycles. The van der Waals surface area contributed by atoms with E-state index in [1.54, 1.807) is 7.11 Å². The Labute approximate surface area is 204 Å². The highest BCUT2D eigenvalue weighted by molar-refractivity contribution is 7.12. The van der Waals surface area contributed by atoms with E-state index in [0.29, 0.717) is 24.3 Å². The molecule has 0 unspecified atom stereocenters. The number of benzene rings is 1. The van der Waals surface area contributed by atoms with Gasteiger partial charge in [-0.05, 0) is 25.1 Å². The summed E-state index contributed by atoms with van der Waals surface area (Å²) in [6.45, 7) is 4.43. The van der Waals surface area contributed by atoms with Crippen molar-refractivity contribution in [2.75, 3.05) is 51.3 Å². The number of aromatic hydroxyl groups is 1. The minimum Gasteiger partial charge on any atom is -0.505 e. The predicted octanol–water partition coefficient (Wildman–Crippen LogP) is 3.11. The normalized spacial score (nSPS) is 14.6. The maximum Gasteiger partial charge on any atom is 0.450 e. The molecular formula is C23H26F3N3O5S. The fourth-order valence-electron chi connectivity index (χ4n) is 3.74. The lowest BCUT2D eigenvalue weighted by Crippen LogP contribution is -2.47. The number of thiophene rings is 1. The highest BCUT2D eigenvalue weighted by Crippen LogP contribution is 2.32. The number of hydrogen-bond donors (Lipinski definition) is 2. The summed E-state index contributed by atoms with van der Waals surface area (Å²) in [5.41, 5.74) is 0.848. The molecule has 2 aromatic rings. The van der Waals surface area contributed by atoms with E-state index in [0.717, 1.165) is 44.2 Å². The molecule has 1 aliphatic heterocycles. The van der Waals surface area contributed by atoms with Gasteiger partial charge in [0.2, 0.25) is 5.78 Å². The number of anilines is 1. The number of nitrogens with one attached hydrogen (secondary N) is 1. The number of piperazine rings is 1. The smallest absolute Gasteiger partial charge is 0.450 e. The van der Waals surface area contributed by atoms with Gasteiger partial charge >= 0.3 is 6.18 Å². The van der Waals surface area contributed by atoms with Gasteiger partial charge in [0.1, 0.15) is 16.4 Å². The first-order valence-electron chi connectivity index (χ1n) is 10.9. The zero-order valence-corrected chi connectivity index (χ0v) is 19.9. The molecule has 1 fully saturated rings. The summed E-state index contributed by atoms with van der Waals surface area (Å²) in [7, 11) is 1.65. The van der Waals surface area contributed by atoms with Crippen LogP contribution in [-0.2, 0) is 4.79 Å². The number of amides is 1. The average molecular weight is 514 g/mol. The molecule has 1 aromatic carbocycles. The number of para-hydroxylation sites is 2. The maximum absolute atomic E-state index is 12.4. The van der Waals surface area contributed by atoms with E-state index in [2.05, 4.69) is 15.1 Å². The van der Waals surface area contributed by atoms with Crippen LogP contribution < -0.4 is 15.0 Å². The Morgan fingerprint density at radius 2 is 1.83 bits per heavy atom. The second-order valence-corrected chi connectivity index (χ2v) is 8.84. The van der Waals surface area contributed by atoms with Crippen LogP contribution in [0, 0.1) is 0 Å². The van der Waals surface area contributed by atoms with E-state index < -0.39 is 40.7 Å². The van der Waals surface area contributed by atoms with Crippen molar-refractivity contribution in [3.8, 4) is 11.5 Å². The number of ketones is 2. The van der Waals surface area contributed by atoms with Crippen LogP contribution in [-0.4, -0.2) is 80.0 Å². The number of nitrogens with zero attached hydrogens (tertiary/aromatic N) is 2. The molecule has 35 heavy (non-hydrogen) atoms. The number of methoxy groups -OCH3 is 1. The summed E-state index contributed by atoms with van der Waals surface area (Å²) in [6, 6.07) is 7.85. The third-order valence-electron chi connectivity index (χ3n) is 5.63. The quantitative estimate of drug-likeness (QED) is 0.286. The zero-order chi connectivity index (χ0) is 25.6. The predicted molar refractivity (Wildman–Crippen MR) is 125 cm³/mol. The Kier molecular flexibility index (Phi) is 8.73. The fraction of sp³-hybridized carbons (Fsp3) is 0.435. The molecule has 1 amide bonds. The number of carbonyl (C=O) groups is 3. The minimum atomic E-state index is -5.14. The molecule has 3 rings (SSSR count). The Hall–Kier alpha value is -3.12. The van der Waals surface area contributed by atoms with Crippen molar-refractivity contribution in [2.45, 2.75) is 19.0 Å². The first-order chi connectivity index (χ1) is 16.6. The van der Waals surface area contributed by atoms with Gasteiger partial charge < -0.3 is 20.1 Å². The minimum absolute atomic E-state index is 0.205. The van der Waals surface area contributed by atoms with Crippen molar-refractivity contribution in [1.82, 2.24) is 10.2 Å². The molecule has 1 aliphatic rings. The van der Waals surface area contributed by atoms with Crippen LogP contribution in [0.25, 0.3) is 0 Å². The van der Waals surface area contributed by atoms with E-state index in [-0.39, 0.29) is 5.56 Å². The third-order valence-corrected chi connectivity index (χ3v) is 6.65. The molecule has 0 saturated carbocycles. The Balaban J connectivity index is 1.42. The van der Waals surface area contributed by atoms with Crippen LogP contribution >= 0.6 is 11.3 Å². The zero-order valence-electron chi connectivity index (χ0n) is 19.1. The van der Waals surface area contributed by atoms with E-state index in [1.807, 2.05) is 24.3 Å². The van der Waals surface area contributed by atoms with Gasteiger partial charge in [0.05, 0.1) is 24.8 Å². The number of hydrogen-bond acceptors (Lipinski definition) is 8. The molecule has 1 saturated heterocycles. The first kappa shape index (κ1) is 26.5. The van der Waals surface area contributed by atoms with Gasteiger partial charge in [-0.3, -0.25) is 19.3 Å². The average Bonchev–Trinajstić information content (AvgIpc) is 3.23. The Morgan fingerprint density at radius 1 is 1.14 bits per heavy atom. The Morgan fingerprint density at radius 3 is 2.49 bits per heavy atom. The molecule has 0 atom stereocenters. The van der Waals surface area contributed by atoms with Gasteiger partial charge in [0.25, 0.3) is 5.91 Å². The van der Waals surface area contributed by atoms with Crippen molar-refractivity contribution in [3.63, 3.8) is 0 Å². The lowest BCUT2D eigenvalue weighted by molar-refractivity contribution is -0.170. The van der Waals surface area contributed by atoms with Gasteiger partial charge in [-0.2, -0.15) is 13.2 Å². The van der Waals surface area contributed by atoms with Crippen LogP contribution in [0.1, 0.15) is 32.9 Å². The van der Waals surface area contributed by atoms with E-state index in [9.17, 15) is 32.7 Å². The van der Waals surface area contributed by atoms with Crippen molar-refractivity contribution >= 4 is 34.5 Å².